The molecule has 0 saturated carbocycles. The topological polar surface area (TPSA) is 9.23 Å². The summed E-state index contributed by atoms with van der Waals surface area (Å²) in [6.07, 6.45) is 1.13. The van der Waals surface area contributed by atoms with E-state index < -0.39 is 0 Å². The van der Waals surface area contributed by atoms with Gasteiger partial charge >= 0.3 is 0 Å². The number of hydrogen-bond acceptors (Lipinski definition) is 1. The first-order chi connectivity index (χ1) is 3.30. The lowest BCUT2D eigenvalue weighted by molar-refractivity contribution is 0.155. The summed E-state index contributed by atoms with van der Waals surface area (Å²) in [7, 11) is 5.46. The molecule has 2 atom stereocenters. The molecule has 0 aromatic heterocycles. The Hall–Kier alpha value is 0.0249. The van der Waals surface area contributed by atoms with Crippen LogP contribution in [-0.4, -0.2) is 20.5 Å². The van der Waals surface area contributed by atoms with Crippen molar-refractivity contribution in [3.05, 3.63) is 0 Å². The van der Waals surface area contributed by atoms with Crippen molar-refractivity contribution in [2.75, 3.05) is 6.61 Å². The average Bonchev–Trinajstić information content (AvgIpc) is 1.91. The largest absolute Gasteiger partial charge is 0.388 e. The molecule has 2 unspecified atom stereocenters. The molecule has 1 rings (SSSR count). The van der Waals surface area contributed by atoms with Crippen molar-refractivity contribution in [2.24, 2.45) is 5.92 Å². The lowest BCUT2D eigenvalue weighted by Gasteiger charge is -2.04. The summed E-state index contributed by atoms with van der Waals surface area (Å²) in [6.45, 7) is 2.96. The standard InChI is InChI=1S/C5H9BO/c1-4-2-3-7-5(4)6/h4-5H,2-3H2,1H3. The molecule has 7 heavy (non-hydrogen) atoms. The van der Waals surface area contributed by atoms with E-state index in [1.54, 1.807) is 0 Å². The highest BCUT2D eigenvalue weighted by Gasteiger charge is 2.17. The van der Waals surface area contributed by atoms with Crippen LogP contribution in [-0.2, 0) is 4.74 Å². The van der Waals surface area contributed by atoms with Crippen LogP contribution in [0.3, 0.4) is 0 Å². The second-order valence-corrected chi connectivity index (χ2v) is 2.10. The Balaban J connectivity index is 2.33. The molecule has 1 aliphatic heterocycles. The van der Waals surface area contributed by atoms with E-state index in [1.165, 1.54) is 0 Å². The first-order valence-corrected chi connectivity index (χ1v) is 2.68. The number of ether oxygens (including phenoxy) is 1. The molecule has 1 fully saturated rings. The lowest BCUT2D eigenvalue weighted by Crippen LogP contribution is -2.11. The Morgan fingerprint density at radius 1 is 1.71 bits per heavy atom. The first kappa shape index (κ1) is 5.17. The molecular formula is C5H9BO. The second-order valence-electron chi connectivity index (χ2n) is 2.10. The van der Waals surface area contributed by atoms with Crippen molar-refractivity contribution in [1.82, 2.24) is 0 Å². The van der Waals surface area contributed by atoms with Gasteiger partial charge in [-0.1, -0.05) is 6.92 Å². The van der Waals surface area contributed by atoms with Crippen molar-refractivity contribution in [3.63, 3.8) is 0 Å². The van der Waals surface area contributed by atoms with Gasteiger partial charge in [-0.2, -0.15) is 0 Å². The van der Waals surface area contributed by atoms with E-state index >= 15 is 0 Å². The van der Waals surface area contributed by atoms with Crippen LogP contribution < -0.4 is 0 Å². The SMILES string of the molecule is [B]C1OCCC1C. The molecule has 0 N–H and O–H groups in total. The van der Waals surface area contributed by atoms with E-state index in [0.29, 0.717) is 5.92 Å². The smallest absolute Gasteiger partial charge is 0.109 e. The summed E-state index contributed by atoms with van der Waals surface area (Å²) in [6, 6.07) is 0.0139. The van der Waals surface area contributed by atoms with Gasteiger partial charge in [-0.05, 0) is 12.3 Å². The maximum absolute atomic E-state index is 5.46. The molecule has 1 aliphatic rings. The quantitative estimate of drug-likeness (QED) is 0.400. The van der Waals surface area contributed by atoms with E-state index in [4.69, 9.17) is 12.6 Å². The second kappa shape index (κ2) is 1.87. The summed E-state index contributed by atoms with van der Waals surface area (Å²) in [5, 5.41) is 0. The zero-order valence-corrected chi connectivity index (χ0v) is 4.55. The molecule has 0 amide bonds. The summed E-state index contributed by atoms with van der Waals surface area (Å²) >= 11 is 0. The van der Waals surface area contributed by atoms with Crippen molar-refractivity contribution < 1.29 is 4.74 Å². The van der Waals surface area contributed by atoms with Gasteiger partial charge in [-0.3, -0.25) is 0 Å². The van der Waals surface area contributed by atoms with Crippen LogP contribution >= 0.6 is 0 Å². The minimum absolute atomic E-state index is 0.0139. The molecule has 1 nitrogen and oxygen atoms in total. The highest BCUT2D eigenvalue weighted by atomic mass is 16.5. The Labute approximate surface area is 45.5 Å². The molecule has 0 aromatic carbocycles. The van der Waals surface area contributed by atoms with Gasteiger partial charge in [0.05, 0.1) is 0 Å². The van der Waals surface area contributed by atoms with Gasteiger partial charge in [0, 0.05) is 12.6 Å². The van der Waals surface area contributed by atoms with Crippen LogP contribution in [0.1, 0.15) is 13.3 Å². The molecular weight excluding hydrogens is 86.9 g/mol. The Morgan fingerprint density at radius 2 is 2.43 bits per heavy atom. The molecule has 0 spiro atoms. The van der Waals surface area contributed by atoms with Crippen molar-refractivity contribution in [2.45, 2.75) is 19.3 Å². The molecule has 0 aromatic rings. The lowest BCUT2D eigenvalue weighted by atomic mass is 9.89. The van der Waals surface area contributed by atoms with Crippen molar-refractivity contribution in [3.8, 4) is 0 Å². The average molecular weight is 95.9 g/mol. The van der Waals surface area contributed by atoms with Gasteiger partial charge in [0.1, 0.15) is 7.85 Å². The highest BCUT2D eigenvalue weighted by molar-refractivity contribution is 6.11. The summed E-state index contributed by atoms with van der Waals surface area (Å²) in [5.41, 5.74) is 0. The molecule has 2 heteroatoms. The molecule has 0 bridgehead atoms. The maximum atomic E-state index is 5.46. The van der Waals surface area contributed by atoms with Crippen molar-refractivity contribution >= 4 is 7.85 Å². The minimum atomic E-state index is 0.0139. The summed E-state index contributed by atoms with van der Waals surface area (Å²) < 4.78 is 5.04. The van der Waals surface area contributed by atoms with Crippen LogP contribution in [0.15, 0.2) is 0 Å². The van der Waals surface area contributed by atoms with E-state index in [2.05, 4.69) is 6.92 Å². The van der Waals surface area contributed by atoms with Crippen LogP contribution in [0.2, 0.25) is 0 Å². The minimum Gasteiger partial charge on any atom is -0.388 e. The zero-order chi connectivity index (χ0) is 5.28. The predicted molar refractivity (Wildman–Crippen MR) is 29.3 cm³/mol. The molecule has 38 valence electrons. The fraction of sp³-hybridized carbons (Fsp3) is 1.00. The highest BCUT2D eigenvalue weighted by Crippen LogP contribution is 2.16. The molecule has 1 heterocycles. The van der Waals surface area contributed by atoms with Gasteiger partial charge in [-0.25, -0.2) is 0 Å². The third-order valence-corrected chi connectivity index (χ3v) is 1.44. The van der Waals surface area contributed by atoms with E-state index in [1.807, 2.05) is 0 Å². The molecule has 1 saturated heterocycles. The van der Waals surface area contributed by atoms with Gasteiger partial charge in [0.25, 0.3) is 0 Å². The van der Waals surface area contributed by atoms with E-state index in [9.17, 15) is 0 Å². The predicted octanol–water partition coefficient (Wildman–Crippen LogP) is 0.537. The zero-order valence-electron chi connectivity index (χ0n) is 4.55. The monoisotopic (exact) mass is 96.1 g/mol. The fourth-order valence-electron chi connectivity index (χ4n) is 0.719. The van der Waals surface area contributed by atoms with E-state index in [-0.39, 0.29) is 6.00 Å². The Bertz CT molecular complexity index is 57.1. The van der Waals surface area contributed by atoms with Gasteiger partial charge < -0.3 is 4.74 Å². The first-order valence-electron chi connectivity index (χ1n) is 2.68. The fourth-order valence-corrected chi connectivity index (χ4v) is 0.719. The summed E-state index contributed by atoms with van der Waals surface area (Å²) in [5.74, 6) is 0.569. The van der Waals surface area contributed by atoms with E-state index in [0.717, 1.165) is 13.0 Å². The van der Waals surface area contributed by atoms with Crippen LogP contribution in [0.5, 0.6) is 0 Å². The molecule has 2 radical (unpaired) electrons. The Morgan fingerprint density at radius 3 is 2.57 bits per heavy atom. The van der Waals surface area contributed by atoms with Gasteiger partial charge in [0.15, 0.2) is 0 Å². The summed E-state index contributed by atoms with van der Waals surface area (Å²) in [4.78, 5) is 0. The van der Waals surface area contributed by atoms with Crippen LogP contribution in [0, 0.1) is 5.92 Å². The molecule has 0 aliphatic carbocycles. The van der Waals surface area contributed by atoms with Crippen molar-refractivity contribution in [1.29, 1.82) is 0 Å². The number of rotatable bonds is 0. The normalized spacial score (nSPS) is 41.9. The third-order valence-electron chi connectivity index (χ3n) is 1.44. The Kier molecular flexibility index (Phi) is 1.38. The maximum Gasteiger partial charge on any atom is 0.109 e. The van der Waals surface area contributed by atoms with Gasteiger partial charge in [-0.15, -0.1) is 0 Å². The van der Waals surface area contributed by atoms with Gasteiger partial charge in [0.2, 0.25) is 0 Å². The van der Waals surface area contributed by atoms with Crippen LogP contribution in [0.25, 0.3) is 0 Å². The van der Waals surface area contributed by atoms with Crippen LogP contribution in [0.4, 0.5) is 0 Å². The third kappa shape index (κ3) is 0.971. The number of hydrogen-bond donors (Lipinski definition) is 0.